The number of carbonyl (C=O) groups is 1. The van der Waals surface area contributed by atoms with Gasteiger partial charge in [0.2, 0.25) is 0 Å². The molecule has 0 aromatic rings. The predicted molar refractivity (Wildman–Crippen MR) is 97.0 cm³/mol. The SMILES string of the molecule is C=C1CCC[C@]2(C)C[C@H]3OC(=O)[C@@H](CN4CCCC[C@@H]4CO)[C@H]3C[C@H]12. The van der Waals surface area contributed by atoms with Crippen LogP contribution in [-0.2, 0) is 9.53 Å². The van der Waals surface area contributed by atoms with Gasteiger partial charge in [0, 0.05) is 18.5 Å². The maximum Gasteiger partial charge on any atom is 0.310 e. The van der Waals surface area contributed by atoms with E-state index in [4.69, 9.17) is 4.74 Å². The lowest BCUT2D eigenvalue weighted by Gasteiger charge is -2.50. The fraction of sp³-hybridized carbons (Fsp3) is 0.857. The van der Waals surface area contributed by atoms with Crippen molar-refractivity contribution in [2.45, 2.75) is 70.4 Å². The van der Waals surface area contributed by atoms with Gasteiger partial charge in [0.1, 0.15) is 6.10 Å². The number of aliphatic hydroxyl groups is 1. The summed E-state index contributed by atoms with van der Waals surface area (Å²) in [6.07, 6.45) is 9.18. The van der Waals surface area contributed by atoms with Crippen molar-refractivity contribution < 1.29 is 14.6 Å². The van der Waals surface area contributed by atoms with E-state index >= 15 is 0 Å². The lowest BCUT2D eigenvalue weighted by atomic mass is 9.55. The third-order valence-corrected chi connectivity index (χ3v) is 7.71. The fourth-order valence-corrected chi connectivity index (χ4v) is 6.22. The van der Waals surface area contributed by atoms with Crippen molar-refractivity contribution in [3.63, 3.8) is 0 Å². The van der Waals surface area contributed by atoms with Crippen LogP contribution in [-0.4, -0.2) is 47.8 Å². The Morgan fingerprint density at radius 2 is 2.20 bits per heavy atom. The van der Waals surface area contributed by atoms with Crippen molar-refractivity contribution in [1.29, 1.82) is 0 Å². The maximum atomic E-state index is 12.7. The number of likely N-dealkylation sites (tertiary alicyclic amines) is 1. The molecule has 4 fully saturated rings. The number of esters is 1. The molecule has 1 N–H and O–H groups in total. The first kappa shape index (κ1) is 17.5. The lowest BCUT2D eigenvalue weighted by Crippen LogP contribution is -2.48. The first-order valence-electron chi connectivity index (χ1n) is 10.2. The molecule has 0 radical (unpaired) electrons. The highest BCUT2D eigenvalue weighted by molar-refractivity contribution is 5.75. The van der Waals surface area contributed by atoms with E-state index in [1.807, 2.05) is 0 Å². The summed E-state index contributed by atoms with van der Waals surface area (Å²) in [5, 5.41) is 9.69. The molecular weight excluding hydrogens is 314 g/mol. The number of aliphatic hydroxyl groups excluding tert-OH is 1. The number of hydrogen-bond acceptors (Lipinski definition) is 4. The van der Waals surface area contributed by atoms with Gasteiger partial charge in [0.05, 0.1) is 12.5 Å². The molecule has 4 nitrogen and oxygen atoms in total. The van der Waals surface area contributed by atoms with Gasteiger partial charge < -0.3 is 9.84 Å². The third kappa shape index (κ3) is 3.06. The van der Waals surface area contributed by atoms with Crippen LogP contribution >= 0.6 is 0 Å². The normalized spacial score (nSPS) is 45.0. The molecule has 0 unspecified atom stereocenters. The van der Waals surface area contributed by atoms with Gasteiger partial charge in [0.25, 0.3) is 0 Å². The lowest BCUT2D eigenvalue weighted by molar-refractivity contribution is -0.146. The average molecular weight is 347 g/mol. The van der Waals surface area contributed by atoms with E-state index < -0.39 is 0 Å². The molecule has 6 atom stereocenters. The van der Waals surface area contributed by atoms with E-state index in [0.29, 0.717) is 11.8 Å². The molecule has 4 heteroatoms. The molecule has 0 bridgehead atoms. The molecule has 2 saturated heterocycles. The molecule has 0 aromatic heterocycles. The number of carbonyl (C=O) groups excluding carboxylic acids is 1. The van der Waals surface area contributed by atoms with E-state index in [9.17, 15) is 9.90 Å². The minimum Gasteiger partial charge on any atom is -0.462 e. The second-order valence-electron chi connectivity index (χ2n) is 9.23. The summed E-state index contributed by atoms with van der Waals surface area (Å²) in [5.41, 5.74) is 1.67. The van der Waals surface area contributed by atoms with Crippen LogP contribution in [0.15, 0.2) is 12.2 Å². The molecule has 0 spiro atoms. The number of fused-ring (bicyclic) bond motifs is 2. The zero-order chi connectivity index (χ0) is 17.6. The standard InChI is InChI=1S/C21H33NO3/c1-14-6-5-8-21(2)11-19-16(10-18(14)21)17(20(24)25-19)12-22-9-4-3-7-15(22)13-23/h15-19,23H,1,3-13H2,2H3/t15-,16-,17+,18-,19-,21-/m1/s1. The van der Waals surface area contributed by atoms with Crippen LogP contribution in [0.2, 0.25) is 0 Å². The van der Waals surface area contributed by atoms with Gasteiger partial charge in [-0.3, -0.25) is 9.69 Å². The summed E-state index contributed by atoms with van der Waals surface area (Å²) in [7, 11) is 0. The van der Waals surface area contributed by atoms with Crippen molar-refractivity contribution in [2.24, 2.45) is 23.2 Å². The predicted octanol–water partition coefficient (Wildman–Crippen LogP) is 3.15. The Balaban J connectivity index is 1.51. The van der Waals surface area contributed by atoms with Crippen LogP contribution in [0, 0.1) is 23.2 Å². The van der Waals surface area contributed by atoms with E-state index in [0.717, 1.165) is 38.8 Å². The number of rotatable bonds is 3. The van der Waals surface area contributed by atoms with Crippen LogP contribution in [0.3, 0.4) is 0 Å². The number of allylic oxidation sites excluding steroid dienone is 1. The highest BCUT2D eigenvalue weighted by atomic mass is 16.6. The fourth-order valence-electron chi connectivity index (χ4n) is 6.22. The minimum atomic E-state index is -0.0172. The first-order chi connectivity index (χ1) is 12.0. The smallest absolute Gasteiger partial charge is 0.310 e. The zero-order valence-electron chi connectivity index (χ0n) is 15.6. The number of nitrogens with zero attached hydrogens (tertiary/aromatic N) is 1. The number of piperidine rings is 1. The molecule has 2 heterocycles. The van der Waals surface area contributed by atoms with E-state index in [1.54, 1.807) is 0 Å². The summed E-state index contributed by atoms with van der Waals surface area (Å²) in [4.78, 5) is 15.0. The summed E-state index contributed by atoms with van der Waals surface area (Å²) < 4.78 is 5.88. The molecule has 2 saturated carbocycles. The summed E-state index contributed by atoms with van der Waals surface area (Å²) >= 11 is 0. The zero-order valence-corrected chi connectivity index (χ0v) is 15.6. The largest absolute Gasteiger partial charge is 0.462 e. The first-order valence-corrected chi connectivity index (χ1v) is 10.2. The minimum absolute atomic E-state index is 0.00474. The van der Waals surface area contributed by atoms with E-state index in [-0.39, 0.29) is 36.1 Å². The molecule has 2 aliphatic heterocycles. The molecule has 0 aromatic carbocycles. The highest BCUT2D eigenvalue weighted by Crippen LogP contribution is 2.57. The quantitative estimate of drug-likeness (QED) is 0.629. The van der Waals surface area contributed by atoms with Gasteiger partial charge in [-0.1, -0.05) is 25.5 Å². The average Bonchev–Trinajstić information content (AvgIpc) is 2.88. The monoisotopic (exact) mass is 347 g/mol. The van der Waals surface area contributed by atoms with Crippen molar-refractivity contribution in [3.8, 4) is 0 Å². The van der Waals surface area contributed by atoms with Gasteiger partial charge in [-0.05, 0) is 62.8 Å². The van der Waals surface area contributed by atoms with Crippen LogP contribution in [0.5, 0.6) is 0 Å². The van der Waals surface area contributed by atoms with Gasteiger partial charge in [-0.15, -0.1) is 0 Å². The third-order valence-electron chi connectivity index (χ3n) is 7.71. The highest BCUT2D eigenvalue weighted by Gasteiger charge is 2.55. The van der Waals surface area contributed by atoms with Gasteiger partial charge in [-0.25, -0.2) is 0 Å². The van der Waals surface area contributed by atoms with Gasteiger partial charge in [0.15, 0.2) is 0 Å². The second kappa shape index (κ2) is 6.70. The summed E-state index contributed by atoms with van der Waals surface area (Å²) in [6.45, 7) is 8.72. The van der Waals surface area contributed by atoms with Gasteiger partial charge in [-0.2, -0.15) is 0 Å². The number of ether oxygens (including phenoxy) is 1. The summed E-state index contributed by atoms with van der Waals surface area (Å²) in [5.74, 6) is 0.873. The Hall–Kier alpha value is -0.870. The Morgan fingerprint density at radius 1 is 1.36 bits per heavy atom. The Kier molecular flexibility index (Phi) is 4.70. The van der Waals surface area contributed by atoms with Crippen molar-refractivity contribution >= 4 is 5.97 Å². The van der Waals surface area contributed by atoms with Crippen LogP contribution in [0.25, 0.3) is 0 Å². The van der Waals surface area contributed by atoms with Crippen molar-refractivity contribution in [2.75, 3.05) is 19.7 Å². The van der Waals surface area contributed by atoms with E-state index in [2.05, 4.69) is 18.4 Å². The molecular formula is C21H33NO3. The molecule has 140 valence electrons. The van der Waals surface area contributed by atoms with Crippen molar-refractivity contribution in [3.05, 3.63) is 12.2 Å². The van der Waals surface area contributed by atoms with Gasteiger partial charge >= 0.3 is 5.97 Å². The Bertz CT molecular complexity index is 547. The Labute approximate surface area is 151 Å². The molecule has 4 aliphatic rings. The summed E-state index contributed by atoms with van der Waals surface area (Å²) in [6, 6.07) is 0.221. The number of hydrogen-bond donors (Lipinski definition) is 1. The van der Waals surface area contributed by atoms with Crippen LogP contribution in [0.4, 0.5) is 0 Å². The van der Waals surface area contributed by atoms with E-state index in [1.165, 1.54) is 31.3 Å². The maximum absolute atomic E-state index is 12.7. The second-order valence-corrected chi connectivity index (χ2v) is 9.23. The van der Waals surface area contributed by atoms with Crippen molar-refractivity contribution in [1.82, 2.24) is 4.90 Å². The molecule has 0 amide bonds. The molecule has 2 aliphatic carbocycles. The molecule has 25 heavy (non-hydrogen) atoms. The topological polar surface area (TPSA) is 49.8 Å². The van der Waals surface area contributed by atoms with Crippen LogP contribution in [0.1, 0.15) is 58.3 Å². The Morgan fingerprint density at radius 3 is 3.00 bits per heavy atom. The van der Waals surface area contributed by atoms with Crippen LogP contribution < -0.4 is 0 Å². The molecule has 4 rings (SSSR count).